The van der Waals surface area contributed by atoms with Crippen LogP contribution in [0.4, 0.5) is 4.39 Å². The third-order valence-electron chi connectivity index (χ3n) is 7.79. The van der Waals surface area contributed by atoms with E-state index in [9.17, 15) is 9.18 Å². The first kappa shape index (κ1) is 34.7. The van der Waals surface area contributed by atoms with Crippen LogP contribution in [0.5, 0.6) is 23.0 Å². The van der Waals surface area contributed by atoms with Crippen molar-refractivity contribution in [3.05, 3.63) is 156 Å². The zero-order valence-electron chi connectivity index (χ0n) is 27.6. The van der Waals surface area contributed by atoms with Gasteiger partial charge in [0.15, 0.2) is 5.78 Å². The Labute approximate surface area is 288 Å². The van der Waals surface area contributed by atoms with E-state index in [0.717, 1.165) is 71.8 Å². The maximum atomic E-state index is 13.1. The van der Waals surface area contributed by atoms with Gasteiger partial charge in [-0.3, -0.25) is 4.79 Å². The summed E-state index contributed by atoms with van der Waals surface area (Å²) in [6.45, 7) is 5.98. The Balaban J connectivity index is 0.937. The van der Waals surface area contributed by atoms with Crippen molar-refractivity contribution in [2.24, 2.45) is 0 Å². The highest BCUT2D eigenvalue weighted by molar-refractivity contribution is 6.06. The van der Waals surface area contributed by atoms with Gasteiger partial charge in [-0.05, 0) is 127 Å². The van der Waals surface area contributed by atoms with Gasteiger partial charge in [0.25, 0.3) is 0 Å². The van der Waals surface area contributed by atoms with Gasteiger partial charge in [-0.25, -0.2) is 4.39 Å². The van der Waals surface area contributed by atoms with Crippen LogP contribution in [0.15, 0.2) is 134 Å². The van der Waals surface area contributed by atoms with Gasteiger partial charge in [0.05, 0.1) is 13.2 Å². The molecule has 0 saturated carbocycles. The lowest BCUT2D eigenvalue weighted by molar-refractivity contribution is 0.104. The molecule has 0 aliphatic heterocycles. The van der Waals surface area contributed by atoms with Gasteiger partial charge < -0.3 is 18.9 Å². The topological polar surface area (TPSA) is 54.0 Å². The molecule has 49 heavy (non-hydrogen) atoms. The molecular formula is C43H41FO5. The smallest absolute Gasteiger partial charge is 0.185 e. The molecule has 0 aliphatic rings. The molecule has 5 aromatic carbocycles. The zero-order chi connectivity index (χ0) is 34.1. The van der Waals surface area contributed by atoms with Gasteiger partial charge in [-0.15, -0.1) is 0 Å². The monoisotopic (exact) mass is 656 g/mol. The molecule has 0 unspecified atom stereocenters. The first-order chi connectivity index (χ1) is 24.1. The van der Waals surface area contributed by atoms with Crippen LogP contribution >= 0.6 is 0 Å². The van der Waals surface area contributed by atoms with Crippen molar-refractivity contribution in [3.8, 4) is 34.1 Å². The summed E-state index contributed by atoms with van der Waals surface area (Å²) in [5.41, 5.74) is 4.60. The van der Waals surface area contributed by atoms with Crippen molar-refractivity contribution in [2.45, 2.75) is 25.7 Å². The van der Waals surface area contributed by atoms with E-state index >= 15 is 0 Å². The fourth-order valence-electron chi connectivity index (χ4n) is 5.00. The third kappa shape index (κ3) is 11.5. The maximum absolute atomic E-state index is 13.1. The second-order valence-electron chi connectivity index (χ2n) is 11.4. The molecule has 0 bridgehead atoms. The summed E-state index contributed by atoms with van der Waals surface area (Å²) in [5.74, 6) is 2.70. The summed E-state index contributed by atoms with van der Waals surface area (Å²) in [6, 6.07) is 37.1. The van der Waals surface area contributed by atoms with E-state index in [2.05, 4.69) is 18.7 Å². The van der Waals surface area contributed by atoms with Gasteiger partial charge >= 0.3 is 0 Å². The van der Waals surface area contributed by atoms with E-state index in [1.54, 1.807) is 6.08 Å². The minimum Gasteiger partial charge on any atom is -0.494 e. The third-order valence-corrected chi connectivity index (χ3v) is 7.79. The van der Waals surface area contributed by atoms with Gasteiger partial charge in [0, 0.05) is 5.56 Å². The second kappa shape index (κ2) is 18.6. The number of allylic oxidation sites excluding steroid dienone is 1. The molecule has 250 valence electrons. The highest BCUT2D eigenvalue weighted by atomic mass is 19.1. The Kier molecular flexibility index (Phi) is 13.2. The lowest BCUT2D eigenvalue weighted by Crippen LogP contribution is -2.08. The number of carbonyl (C=O) groups is 1. The fraction of sp³-hybridized carbons (Fsp3) is 0.186. The van der Waals surface area contributed by atoms with Crippen molar-refractivity contribution >= 4 is 17.9 Å². The maximum Gasteiger partial charge on any atom is 0.185 e. The van der Waals surface area contributed by atoms with Crippen molar-refractivity contribution < 1.29 is 28.1 Å². The van der Waals surface area contributed by atoms with Gasteiger partial charge in [-0.1, -0.05) is 67.3 Å². The first-order valence-corrected chi connectivity index (χ1v) is 16.6. The number of halogens is 1. The first-order valence-electron chi connectivity index (χ1n) is 16.6. The Morgan fingerprint density at radius 1 is 0.510 bits per heavy atom. The lowest BCUT2D eigenvalue weighted by atomic mass is 10.1. The molecule has 5 nitrogen and oxygen atoms in total. The van der Waals surface area contributed by atoms with E-state index in [0.29, 0.717) is 31.1 Å². The minimum atomic E-state index is -0.369. The predicted octanol–water partition coefficient (Wildman–Crippen LogP) is 10.5. The highest BCUT2D eigenvalue weighted by Gasteiger charge is 2.04. The van der Waals surface area contributed by atoms with Gasteiger partial charge in [-0.2, -0.15) is 0 Å². The molecule has 5 rings (SSSR count). The molecule has 6 heteroatoms. The van der Waals surface area contributed by atoms with E-state index in [-0.39, 0.29) is 11.6 Å². The molecule has 0 heterocycles. The minimum absolute atomic E-state index is 0.184. The predicted molar refractivity (Wildman–Crippen MR) is 195 cm³/mol. The molecule has 0 fully saturated rings. The van der Waals surface area contributed by atoms with Gasteiger partial charge in [0.1, 0.15) is 42.0 Å². The molecule has 0 amide bonds. The zero-order valence-corrected chi connectivity index (χ0v) is 27.6. The molecule has 5 aromatic rings. The number of benzene rings is 5. The fourth-order valence-corrected chi connectivity index (χ4v) is 5.00. The van der Waals surface area contributed by atoms with Crippen LogP contribution in [0.25, 0.3) is 23.3 Å². The van der Waals surface area contributed by atoms with Crippen LogP contribution in [-0.4, -0.2) is 32.2 Å². The average molecular weight is 657 g/mol. The van der Waals surface area contributed by atoms with E-state index < -0.39 is 0 Å². The number of unbranched alkanes of at least 4 members (excludes halogenated alkanes) is 3. The van der Waals surface area contributed by atoms with Crippen LogP contribution in [-0.2, 0) is 0 Å². The molecule has 0 atom stereocenters. The summed E-state index contributed by atoms with van der Waals surface area (Å²) in [6.07, 6.45) is 9.27. The standard InChI is InChI=1S/C43H41FO5/c1-2-33-7-20-39(21-8-33)46-29-5-3-4-6-30-47-41-24-14-35(15-25-41)36-16-26-42(27-17-36)49-32-31-48-40-22-9-34(10-23-40)11-28-43(45)37-12-18-38(44)19-13-37/h2,7-28H,1,3-6,29-32H2. The molecule has 0 saturated heterocycles. The molecule has 0 aliphatic carbocycles. The summed E-state index contributed by atoms with van der Waals surface area (Å²) < 4.78 is 36.5. The molecule has 0 spiro atoms. The van der Waals surface area contributed by atoms with E-state index in [1.807, 2.05) is 91.0 Å². The summed E-state index contributed by atoms with van der Waals surface area (Å²) in [4.78, 5) is 12.2. The molecule has 0 aromatic heterocycles. The number of ether oxygens (including phenoxy) is 4. The normalized spacial score (nSPS) is 10.9. The average Bonchev–Trinajstić information content (AvgIpc) is 3.15. The molecule has 0 radical (unpaired) electrons. The van der Waals surface area contributed by atoms with Crippen molar-refractivity contribution in [1.82, 2.24) is 0 Å². The van der Waals surface area contributed by atoms with Crippen molar-refractivity contribution in [2.75, 3.05) is 26.4 Å². The molecular weight excluding hydrogens is 615 g/mol. The Bertz CT molecular complexity index is 1760. The van der Waals surface area contributed by atoms with Gasteiger partial charge in [0.2, 0.25) is 0 Å². The van der Waals surface area contributed by atoms with Crippen molar-refractivity contribution in [1.29, 1.82) is 0 Å². The number of hydrogen-bond acceptors (Lipinski definition) is 5. The number of hydrogen-bond donors (Lipinski definition) is 0. The van der Waals surface area contributed by atoms with Crippen LogP contribution < -0.4 is 18.9 Å². The number of rotatable bonds is 19. The van der Waals surface area contributed by atoms with Crippen LogP contribution in [0.1, 0.15) is 47.2 Å². The Morgan fingerprint density at radius 2 is 0.918 bits per heavy atom. The number of carbonyl (C=O) groups excluding carboxylic acids is 1. The second-order valence-corrected chi connectivity index (χ2v) is 11.4. The Hall–Kier alpha value is -5.62. The van der Waals surface area contributed by atoms with Crippen LogP contribution in [0.3, 0.4) is 0 Å². The molecule has 0 N–H and O–H groups in total. The van der Waals surface area contributed by atoms with E-state index in [4.69, 9.17) is 18.9 Å². The number of ketones is 1. The summed E-state index contributed by atoms with van der Waals surface area (Å²) in [5, 5.41) is 0. The van der Waals surface area contributed by atoms with Crippen molar-refractivity contribution in [3.63, 3.8) is 0 Å². The van der Waals surface area contributed by atoms with E-state index in [1.165, 1.54) is 30.3 Å². The lowest BCUT2D eigenvalue weighted by Gasteiger charge is -2.10. The Morgan fingerprint density at radius 3 is 1.37 bits per heavy atom. The summed E-state index contributed by atoms with van der Waals surface area (Å²) in [7, 11) is 0. The summed E-state index contributed by atoms with van der Waals surface area (Å²) >= 11 is 0. The van der Waals surface area contributed by atoms with Crippen LogP contribution in [0, 0.1) is 5.82 Å². The highest BCUT2D eigenvalue weighted by Crippen LogP contribution is 2.25. The SMILES string of the molecule is C=Cc1ccc(OCCCCCCOc2ccc(-c3ccc(OCCOc4ccc(C=CC(=O)c5ccc(F)cc5)cc4)cc3)cc2)cc1. The largest absolute Gasteiger partial charge is 0.494 e. The quantitative estimate of drug-likeness (QED) is 0.0503. The van der Waals surface area contributed by atoms with Crippen LogP contribution in [0.2, 0.25) is 0 Å².